The molecule has 0 fully saturated rings. The fourth-order valence-corrected chi connectivity index (χ4v) is 2.12. The summed E-state index contributed by atoms with van der Waals surface area (Å²) in [6.07, 6.45) is 0. The number of halogens is 1. The quantitative estimate of drug-likeness (QED) is 0.812. The van der Waals surface area contributed by atoms with Crippen molar-refractivity contribution in [2.24, 2.45) is 0 Å². The van der Waals surface area contributed by atoms with Crippen molar-refractivity contribution in [1.82, 2.24) is 0 Å². The fraction of sp³-hybridized carbons (Fsp3) is 0.133. The Bertz CT molecular complexity index is 604. The third-order valence-electron chi connectivity index (χ3n) is 2.52. The molecule has 0 spiro atoms. The second-order valence-corrected chi connectivity index (χ2v) is 4.86. The van der Waals surface area contributed by atoms with Gasteiger partial charge in [-0.15, -0.1) is 0 Å². The van der Waals surface area contributed by atoms with Gasteiger partial charge in [-0.25, -0.2) is 0 Å². The maximum absolute atomic E-state index is 5.93. The minimum Gasteiger partial charge on any atom is -0.492 e. The molecule has 0 saturated carbocycles. The maximum atomic E-state index is 5.93. The molecule has 2 rings (SSSR count). The van der Waals surface area contributed by atoms with Crippen LogP contribution in [0.4, 0.5) is 11.4 Å². The van der Waals surface area contributed by atoms with E-state index in [9.17, 15) is 0 Å². The Morgan fingerprint density at radius 1 is 1.15 bits per heavy atom. The van der Waals surface area contributed by atoms with E-state index in [1.165, 1.54) is 0 Å². The highest BCUT2D eigenvalue weighted by Crippen LogP contribution is 2.24. The number of nitrogens with one attached hydrogen (secondary N) is 2. The van der Waals surface area contributed by atoms with Gasteiger partial charge in [-0.05, 0) is 49.5 Å². The van der Waals surface area contributed by atoms with E-state index in [-0.39, 0.29) is 0 Å². The molecule has 0 bridgehead atoms. The summed E-state index contributed by atoms with van der Waals surface area (Å²) in [5.74, 6) is 0.769. The summed E-state index contributed by atoms with van der Waals surface area (Å²) in [5.41, 5.74) is 1.66. The number of hydrogen-bond acceptors (Lipinski definition) is 2. The zero-order chi connectivity index (χ0) is 14.4. The third kappa shape index (κ3) is 4.11. The zero-order valence-electron chi connectivity index (χ0n) is 11.0. The number of para-hydroxylation sites is 2. The predicted molar refractivity (Wildman–Crippen MR) is 88.9 cm³/mol. The summed E-state index contributed by atoms with van der Waals surface area (Å²) in [7, 11) is 0. The minimum atomic E-state index is 0.486. The van der Waals surface area contributed by atoms with Crippen molar-refractivity contribution in [2.45, 2.75) is 6.92 Å². The largest absolute Gasteiger partial charge is 0.492 e. The van der Waals surface area contributed by atoms with Gasteiger partial charge in [0.25, 0.3) is 0 Å². The number of ether oxygens (including phenoxy) is 1. The molecule has 2 aromatic carbocycles. The van der Waals surface area contributed by atoms with Crippen molar-refractivity contribution in [3.05, 3.63) is 53.6 Å². The van der Waals surface area contributed by atoms with E-state index < -0.39 is 0 Å². The summed E-state index contributed by atoms with van der Waals surface area (Å²) in [4.78, 5) is 0. The Morgan fingerprint density at radius 2 is 1.95 bits per heavy atom. The first-order chi connectivity index (χ1) is 9.69. The summed E-state index contributed by atoms with van der Waals surface area (Å²) in [6, 6.07) is 15.0. The molecule has 20 heavy (non-hydrogen) atoms. The van der Waals surface area contributed by atoms with Crippen LogP contribution in [0.3, 0.4) is 0 Å². The summed E-state index contributed by atoms with van der Waals surface area (Å²) >= 11 is 11.2. The van der Waals surface area contributed by atoms with E-state index in [2.05, 4.69) is 10.6 Å². The average molecular weight is 307 g/mol. The van der Waals surface area contributed by atoms with Gasteiger partial charge in [0.2, 0.25) is 0 Å². The smallest absolute Gasteiger partial charge is 0.175 e. The molecule has 0 heterocycles. The van der Waals surface area contributed by atoms with E-state index in [4.69, 9.17) is 28.6 Å². The van der Waals surface area contributed by atoms with Crippen LogP contribution in [-0.4, -0.2) is 11.7 Å². The molecule has 0 unspecified atom stereocenters. The molecular formula is C15H15ClN2OS. The predicted octanol–water partition coefficient (Wildman–Crippen LogP) is 4.55. The van der Waals surface area contributed by atoms with Crippen LogP contribution < -0.4 is 15.4 Å². The van der Waals surface area contributed by atoms with Gasteiger partial charge in [0, 0.05) is 10.7 Å². The third-order valence-corrected chi connectivity index (χ3v) is 2.96. The van der Waals surface area contributed by atoms with Gasteiger partial charge in [0.1, 0.15) is 5.75 Å². The average Bonchev–Trinajstić information content (AvgIpc) is 2.41. The zero-order valence-corrected chi connectivity index (χ0v) is 12.6. The maximum Gasteiger partial charge on any atom is 0.175 e. The van der Waals surface area contributed by atoms with Gasteiger partial charge in [-0.1, -0.05) is 29.8 Å². The van der Waals surface area contributed by atoms with E-state index in [1.54, 1.807) is 0 Å². The molecule has 2 N–H and O–H groups in total. The molecule has 5 heteroatoms. The molecular weight excluding hydrogens is 292 g/mol. The Balaban J connectivity index is 2.05. The van der Waals surface area contributed by atoms with Gasteiger partial charge in [0.05, 0.1) is 12.3 Å². The van der Waals surface area contributed by atoms with Crippen LogP contribution in [0.2, 0.25) is 5.02 Å². The standard InChI is InChI=1S/C15H15ClN2OS/c1-2-19-14-9-4-3-8-13(14)18-15(20)17-12-7-5-6-11(16)10-12/h3-10H,2H2,1H3,(H2,17,18,20). The van der Waals surface area contributed by atoms with Crippen molar-refractivity contribution >= 4 is 40.3 Å². The Hall–Kier alpha value is -1.78. The minimum absolute atomic E-state index is 0.486. The molecule has 104 valence electrons. The lowest BCUT2D eigenvalue weighted by Gasteiger charge is -2.14. The van der Waals surface area contributed by atoms with Crippen molar-refractivity contribution in [2.75, 3.05) is 17.2 Å². The molecule has 0 amide bonds. The first-order valence-electron chi connectivity index (χ1n) is 6.24. The van der Waals surface area contributed by atoms with Crippen LogP contribution in [0, 0.1) is 0 Å². The van der Waals surface area contributed by atoms with Crippen LogP contribution in [0.5, 0.6) is 5.75 Å². The van der Waals surface area contributed by atoms with Crippen LogP contribution >= 0.6 is 23.8 Å². The van der Waals surface area contributed by atoms with Gasteiger partial charge < -0.3 is 15.4 Å². The van der Waals surface area contributed by atoms with Gasteiger partial charge >= 0.3 is 0 Å². The molecule has 0 radical (unpaired) electrons. The molecule has 0 aliphatic heterocycles. The van der Waals surface area contributed by atoms with E-state index in [0.717, 1.165) is 17.1 Å². The number of thiocarbonyl (C=S) groups is 1. The van der Waals surface area contributed by atoms with E-state index in [0.29, 0.717) is 16.7 Å². The summed E-state index contributed by atoms with van der Waals surface area (Å²) < 4.78 is 5.54. The lowest BCUT2D eigenvalue weighted by atomic mass is 10.3. The monoisotopic (exact) mass is 306 g/mol. The highest BCUT2D eigenvalue weighted by Gasteiger charge is 2.04. The van der Waals surface area contributed by atoms with Crippen LogP contribution in [0.15, 0.2) is 48.5 Å². The molecule has 2 aromatic rings. The Kier molecular flexibility index (Phi) is 5.21. The second kappa shape index (κ2) is 7.12. The van der Waals surface area contributed by atoms with Crippen molar-refractivity contribution in [1.29, 1.82) is 0 Å². The van der Waals surface area contributed by atoms with Crippen LogP contribution in [0.1, 0.15) is 6.92 Å². The number of rotatable bonds is 4. The molecule has 0 aliphatic rings. The van der Waals surface area contributed by atoms with Gasteiger partial charge in [0.15, 0.2) is 5.11 Å². The molecule has 0 saturated heterocycles. The fourth-order valence-electron chi connectivity index (χ4n) is 1.70. The van der Waals surface area contributed by atoms with Crippen LogP contribution in [-0.2, 0) is 0 Å². The second-order valence-electron chi connectivity index (χ2n) is 4.02. The lowest BCUT2D eigenvalue weighted by molar-refractivity contribution is 0.342. The molecule has 0 aromatic heterocycles. The van der Waals surface area contributed by atoms with Crippen LogP contribution in [0.25, 0.3) is 0 Å². The SMILES string of the molecule is CCOc1ccccc1NC(=S)Nc1cccc(Cl)c1. The van der Waals surface area contributed by atoms with Gasteiger partial charge in [-0.2, -0.15) is 0 Å². The molecule has 0 aliphatic carbocycles. The van der Waals surface area contributed by atoms with Crippen molar-refractivity contribution < 1.29 is 4.74 Å². The first-order valence-corrected chi connectivity index (χ1v) is 7.03. The Morgan fingerprint density at radius 3 is 2.70 bits per heavy atom. The highest BCUT2D eigenvalue weighted by atomic mass is 35.5. The van der Waals surface area contributed by atoms with Gasteiger partial charge in [-0.3, -0.25) is 0 Å². The first kappa shape index (κ1) is 14.6. The summed E-state index contributed by atoms with van der Waals surface area (Å²) in [6.45, 7) is 2.55. The normalized spacial score (nSPS) is 9.90. The lowest BCUT2D eigenvalue weighted by Crippen LogP contribution is -2.19. The number of hydrogen-bond donors (Lipinski definition) is 2. The van der Waals surface area contributed by atoms with Crippen molar-refractivity contribution in [3.63, 3.8) is 0 Å². The summed E-state index contributed by atoms with van der Waals surface area (Å²) in [5, 5.41) is 7.34. The van der Waals surface area contributed by atoms with Crippen molar-refractivity contribution in [3.8, 4) is 5.75 Å². The number of anilines is 2. The highest BCUT2D eigenvalue weighted by molar-refractivity contribution is 7.80. The van der Waals surface area contributed by atoms with E-state index >= 15 is 0 Å². The molecule has 0 atom stereocenters. The molecule has 3 nitrogen and oxygen atoms in total. The Labute approximate surface area is 128 Å². The number of benzene rings is 2. The van der Waals surface area contributed by atoms with E-state index in [1.807, 2.05) is 55.5 Å². The topological polar surface area (TPSA) is 33.3 Å².